The molecule has 2 aliphatic rings. The van der Waals surface area contributed by atoms with E-state index in [1.807, 2.05) is 6.07 Å². The number of benzene rings is 1. The van der Waals surface area contributed by atoms with Crippen molar-refractivity contribution in [2.45, 2.75) is 23.8 Å². The molecule has 1 atom stereocenters. The summed E-state index contributed by atoms with van der Waals surface area (Å²) in [7, 11) is -3.72. The highest BCUT2D eigenvalue weighted by Gasteiger charge is 2.30. The lowest BCUT2D eigenvalue weighted by Gasteiger charge is -2.39. The molecular weight excluding hydrogens is 276 g/mol. The topological polar surface area (TPSA) is 92.7 Å². The third-order valence-electron chi connectivity index (χ3n) is 4.19. The second kappa shape index (κ2) is 4.91. The van der Waals surface area contributed by atoms with Crippen molar-refractivity contribution in [3.8, 4) is 0 Å². The number of anilines is 2. The van der Waals surface area contributed by atoms with Crippen LogP contribution in [0, 0.1) is 0 Å². The standard InChI is InChI=1S/C13H20N4O2S/c14-10-6-12(8-13(7-10)20(15,18)19)17-5-4-16-3-1-2-11(16)9-17/h6-8,11H,1-5,9,14H2,(H2,15,18,19). The number of fused-ring (bicyclic) bond motifs is 1. The van der Waals surface area contributed by atoms with Gasteiger partial charge in [-0.2, -0.15) is 0 Å². The average molecular weight is 296 g/mol. The summed E-state index contributed by atoms with van der Waals surface area (Å²) in [5.74, 6) is 0. The zero-order chi connectivity index (χ0) is 14.3. The molecular formula is C13H20N4O2S. The maximum Gasteiger partial charge on any atom is 0.238 e. The molecule has 2 aliphatic heterocycles. The number of primary sulfonamides is 1. The monoisotopic (exact) mass is 296 g/mol. The first-order valence-corrected chi connectivity index (χ1v) is 8.40. The van der Waals surface area contributed by atoms with Crippen LogP contribution in [-0.2, 0) is 10.0 Å². The van der Waals surface area contributed by atoms with Gasteiger partial charge in [0.1, 0.15) is 0 Å². The molecule has 6 nitrogen and oxygen atoms in total. The van der Waals surface area contributed by atoms with E-state index in [1.54, 1.807) is 6.07 Å². The van der Waals surface area contributed by atoms with E-state index in [2.05, 4.69) is 9.80 Å². The van der Waals surface area contributed by atoms with Crippen LogP contribution in [-0.4, -0.2) is 45.5 Å². The van der Waals surface area contributed by atoms with Gasteiger partial charge in [-0.25, -0.2) is 13.6 Å². The molecule has 1 aromatic rings. The Labute approximate surface area is 119 Å². The molecule has 0 spiro atoms. The van der Waals surface area contributed by atoms with E-state index in [4.69, 9.17) is 10.9 Å². The van der Waals surface area contributed by atoms with E-state index in [-0.39, 0.29) is 4.90 Å². The molecule has 7 heteroatoms. The van der Waals surface area contributed by atoms with Crippen molar-refractivity contribution >= 4 is 21.4 Å². The first-order valence-electron chi connectivity index (χ1n) is 6.86. The van der Waals surface area contributed by atoms with Crippen molar-refractivity contribution in [1.82, 2.24) is 4.90 Å². The highest BCUT2D eigenvalue weighted by atomic mass is 32.2. The van der Waals surface area contributed by atoms with Crippen LogP contribution < -0.4 is 15.8 Å². The lowest BCUT2D eigenvalue weighted by Crippen LogP contribution is -2.50. The summed E-state index contributed by atoms with van der Waals surface area (Å²) in [4.78, 5) is 4.79. The van der Waals surface area contributed by atoms with Gasteiger partial charge in [-0.1, -0.05) is 0 Å². The maximum atomic E-state index is 11.5. The van der Waals surface area contributed by atoms with E-state index in [1.165, 1.54) is 25.5 Å². The van der Waals surface area contributed by atoms with Gasteiger partial charge in [0.25, 0.3) is 0 Å². The molecule has 0 radical (unpaired) electrons. The van der Waals surface area contributed by atoms with Crippen molar-refractivity contribution in [3.05, 3.63) is 18.2 Å². The van der Waals surface area contributed by atoms with Crippen LogP contribution in [0.15, 0.2) is 23.1 Å². The predicted molar refractivity (Wildman–Crippen MR) is 79.0 cm³/mol. The Morgan fingerprint density at radius 2 is 1.95 bits per heavy atom. The fourth-order valence-corrected chi connectivity index (χ4v) is 3.76. The molecule has 0 amide bonds. The van der Waals surface area contributed by atoms with Crippen LogP contribution in [0.3, 0.4) is 0 Å². The molecule has 20 heavy (non-hydrogen) atoms. The van der Waals surface area contributed by atoms with Gasteiger partial charge in [0, 0.05) is 37.1 Å². The van der Waals surface area contributed by atoms with Crippen LogP contribution in [0.5, 0.6) is 0 Å². The van der Waals surface area contributed by atoms with E-state index in [9.17, 15) is 8.42 Å². The molecule has 2 heterocycles. The number of nitrogen functional groups attached to an aromatic ring is 1. The first-order chi connectivity index (χ1) is 9.43. The smallest absolute Gasteiger partial charge is 0.238 e. The largest absolute Gasteiger partial charge is 0.399 e. The normalized spacial score (nSPS) is 23.9. The first kappa shape index (κ1) is 13.7. The number of sulfonamides is 1. The SMILES string of the molecule is Nc1cc(N2CCN3CCCC3C2)cc(S(N)(=O)=O)c1. The zero-order valence-corrected chi connectivity index (χ0v) is 12.1. The van der Waals surface area contributed by atoms with Gasteiger partial charge in [0.2, 0.25) is 10.0 Å². The average Bonchev–Trinajstić information content (AvgIpc) is 2.84. The molecule has 0 saturated carbocycles. The van der Waals surface area contributed by atoms with Crippen LogP contribution >= 0.6 is 0 Å². The van der Waals surface area contributed by atoms with Gasteiger partial charge in [-0.3, -0.25) is 4.90 Å². The zero-order valence-electron chi connectivity index (χ0n) is 11.3. The molecule has 1 aromatic carbocycles. The van der Waals surface area contributed by atoms with Crippen molar-refractivity contribution < 1.29 is 8.42 Å². The van der Waals surface area contributed by atoms with Gasteiger partial charge in [0.05, 0.1) is 4.90 Å². The summed E-state index contributed by atoms with van der Waals surface area (Å²) in [5, 5.41) is 5.20. The molecule has 1 unspecified atom stereocenters. The number of rotatable bonds is 2. The summed E-state index contributed by atoms with van der Waals surface area (Å²) >= 11 is 0. The van der Waals surface area contributed by atoms with Crippen LogP contribution in [0.2, 0.25) is 0 Å². The number of nitrogens with zero attached hydrogens (tertiary/aromatic N) is 2. The van der Waals surface area contributed by atoms with Gasteiger partial charge in [-0.15, -0.1) is 0 Å². The number of piperazine rings is 1. The summed E-state index contributed by atoms with van der Waals surface area (Å²) in [6, 6.07) is 5.42. The number of nitrogens with two attached hydrogens (primary N) is 2. The minimum Gasteiger partial charge on any atom is -0.399 e. The van der Waals surface area contributed by atoms with Crippen molar-refractivity contribution in [3.63, 3.8) is 0 Å². The second-order valence-electron chi connectivity index (χ2n) is 5.58. The van der Waals surface area contributed by atoms with Crippen LogP contribution in [0.4, 0.5) is 11.4 Å². The Balaban J connectivity index is 1.88. The molecule has 0 aliphatic carbocycles. The summed E-state index contributed by atoms with van der Waals surface area (Å²) in [5.41, 5.74) is 7.09. The molecule has 3 rings (SSSR count). The lowest BCUT2D eigenvalue weighted by atomic mass is 10.1. The molecule has 110 valence electrons. The summed E-state index contributed by atoms with van der Waals surface area (Å²) in [6.45, 7) is 4.01. The van der Waals surface area contributed by atoms with Gasteiger partial charge < -0.3 is 10.6 Å². The van der Waals surface area contributed by atoms with E-state index < -0.39 is 10.0 Å². The highest BCUT2D eigenvalue weighted by molar-refractivity contribution is 7.89. The van der Waals surface area contributed by atoms with Gasteiger partial charge in [0.15, 0.2) is 0 Å². The molecule has 2 saturated heterocycles. The molecule has 0 aromatic heterocycles. The Bertz CT molecular complexity index is 617. The fourth-order valence-electron chi connectivity index (χ4n) is 3.18. The predicted octanol–water partition coefficient (Wildman–Crippen LogP) is 0.201. The fraction of sp³-hybridized carbons (Fsp3) is 0.538. The van der Waals surface area contributed by atoms with E-state index in [0.717, 1.165) is 25.3 Å². The maximum absolute atomic E-state index is 11.5. The Hall–Kier alpha value is -1.31. The van der Waals surface area contributed by atoms with E-state index in [0.29, 0.717) is 11.7 Å². The summed E-state index contributed by atoms with van der Waals surface area (Å²) in [6.07, 6.45) is 2.46. The highest BCUT2D eigenvalue weighted by Crippen LogP contribution is 2.28. The van der Waals surface area contributed by atoms with Crippen molar-refractivity contribution in [2.24, 2.45) is 5.14 Å². The minimum absolute atomic E-state index is 0.0846. The third kappa shape index (κ3) is 2.61. The minimum atomic E-state index is -3.72. The van der Waals surface area contributed by atoms with Crippen LogP contribution in [0.25, 0.3) is 0 Å². The second-order valence-corrected chi connectivity index (χ2v) is 7.14. The van der Waals surface area contributed by atoms with Crippen molar-refractivity contribution in [1.29, 1.82) is 0 Å². The van der Waals surface area contributed by atoms with Crippen LogP contribution in [0.1, 0.15) is 12.8 Å². The van der Waals surface area contributed by atoms with Gasteiger partial charge in [-0.05, 0) is 37.6 Å². The number of hydrogen-bond donors (Lipinski definition) is 2. The Morgan fingerprint density at radius 3 is 2.70 bits per heavy atom. The summed E-state index contributed by atoms with van der Waals surface area (Å²) < 4.78 is 23.0. The van der Waals surface area contributed by atoms with Crippen molar-refractivity contribution in [2.75, 3.05) is 36.8 Å². The Morgan fingerprint density at radius 1 is 1.15 bits per heavy atom. The Kier molecular flexibility index (Phi) is 3.35. The molecule has 0 bridgehead atoms. The lowest BCUT2D eigenvalue weighted by molar-refractivity contribution is 0.231. The quantitative estimate of drug-likeness (QED) is 0.761. The van der Waals surface area contributed by atoms with Gasteiger partial charge >= 0.3 is 0 Å². The molecule has 2 fully saturated rings. The third-order valence-corrected chi connectivity index (χ3v) is 5.09. The van der Waals surface area contributed by atoms with E-state index >= 15 is 0 Å². The number of hydrogen-bond acceptors (Lipinski definition) is 5. The molecule has 4 N–H and O–H groups in total.